The number of carbonyl (C=O) groups is 1. The van der Waals surface area contributed by atoms with Crippen molar-refractivity contribution in [3.05, 3.63) is 41.4 Å². The highest BCUT2D eigenvalue weighted by atomic mass is 35.5. The molecule has 0 spiro atoms. The first kappa shape index (κ1) is 12.3. The van der Waals surface area contributed by atoms with Gasteiger partial charge < -0.3 is 0 Å². The number of hydrogen-bond acceptors (Lipinski definition) is 2. The lowest BCUT2D eigenvalue weighted by Crippen LogP contribution is -1.84. The molecular formula is C12H13ClOS. The third kappa shape index (κ3) is 5.65. The van der Waals surface area contributed by atoms with E-state index in [-0.39, 0.29) is 5.78 Å². The van der Waals surface area contributed by atoms with Crippen LogP contribution in [0.2, 0.25) is 5.02 Å². The van der Waals surface area contributed by atoms with Gasteiger partial charge in [-0.1, -0.05) is 23.8 Å². The fourth-order valence-corrected chi connectivity index (χ4v) is 1.87. The Kier molecular flexibility index (Phi) is 5.51. The average Bonchev–Trinajstić information content (AvgIpc) is 2.20. The summed E-state index contributed by atoms with van der Waals surface area (Å²) in [6.07, 6.45) is 4.45. The van der Waals surface area contributed by atoms with Crippen LogP contribution in [0.3, 0.4) is 0 Å². The maximum absolute atomic E-state index is 10.6. The van der Waals surface area contributed by atoms with Crippen LogP contribution in [0.25, 0.3) is 0 Å². The number of ketones is 1. The minimum Gasteiger partial charge on any atom is -0.300 e. The summed E-state index contributed by atoms with van der Waals surface area (Å²) in [5.74, 6) is 1.08. The third-order valence-electron chi connectivity index (χ3n) is 1.73. The summed E-state index contributed by atoms with van der Waals surface area (Å²) in [5, 5.41) is 0.756. The fraction of sp³-hybridized carbons (Fsp3) is 0.250. The van der Waals surface area contributed by atoms with Crippen molar-refractivity contribution < 1.29 is 4.79 Å². The van der Waals surface area contributed by atoms with Crippen LogP contribution in [-0.2, 0) is 4.79 Å². The number of rotatable bonds is 5. The van der Waals surface area contributed by atoms with Gasteiger partial charge in [0.2, 0.25) is 0 Å². The first-order valence-corrected chi connectivity index (χ1v) is 6.07. The van der Waals surface area contributed by atoms with E-state index in [1.54, 1.807) is 18.7 Å². The van der Waals surface area contributed by atoms with Crippen molar-refractivity contribution in [2.75, 3.05) is 5.75 Å². The molecule has 0 unspecified atom stereocenters. The van der Waals surface area contributed by atoms with E-state index in [9.17, 15) is 4.79 Å². The van der Waals surface area contributed by atoms with Crippen LogP contribution in [0.4, 0.5) is 0 Å². The highest BCUT2D eigenvalue weighted by molar-refractivity contribution is 7.99. The molecule has 0 aliphatic rings. The molecule has 0 saturated carbocycles. The molecule has 1 aromatic rings. The van der Waals surface area contributed by atoms with Gasteiger partial charge in [0.15, 0.2) is 0 Å². The number of benzene rings is 1. The number of allylic oxidation sites excluding steroid dienone is 1. The number of Topliss-reactive ketones (excluding diaryl/α,β-unsaturated/α-hetero) is 1. The molecule has 1 aromatic carbocycles. The first-order valence-electron chi connectivity index (χ1n) is 4.71. The summed E-state index contributed by atoms with van der Waals surface area (Å²) in [6.45, 7) is 1.59. The molecule has 15 heavy (non-hydrogen) atoms. The summed E-state index contributed by atoms with van der Waals surface area (Å²) in [6, 6.07) is 7.74. The van der Waals surface area contributed by atoms with Crippen molar-refractivity contribution in [3.8, 4) is 0 Å². The van der Waals surface area contributed by atoms with Gasteiger partial charge in [-0.2, -0.15) is 0 Å². The second-order valence-electron chi connectivity index (χ2n) is 3.14. The second-order valence-corrected chi connectivity index (χ2v) is 4.67. The zero-order chi connectivity index (χ0) is 11.1. The van der Waals surface area contributed by atoms with Crippen molar-refractivity contribution in [1.29, 1.82) is 0 Å². The molecule has 1 rings (SSSR count). The molecule has 0 aliphatic carbocycles. The van der Waals surface area contributed by atoms with E-state index in [2.05, 4.69) is 0 Å². The lowest BCUT2D eigenvalue weighted by atomic mass is 10.3. The molecule has 1 nitrogen and oxygen atoms in total. The van der Waals surface area contributed by atoms with Gasteiger partial charge in [-0.3, -0.25) is 4.79 Å². The monoisotopic (exact) mass is 240 g/mol. The molecule has 0 atom stereocenters. The summed E-state index contributed by atoms with van der Waals surface area (Å²) in [4.78, 5) is 11.8. The predicted octanol–water partition coefficient (Wildman–Crippen LogP) is 3.97. The molecule has 0 amide bonds. The van der Waals surface area contributed by atoms with Gasteiger partial charge in [0, 0.05) is 22.1 Å². The van der Waals surface area contributed by atoms with Crippen LogP contribution in [0.5, 0.6) is 0 Å². The topological polar surface area (TPSA) is 17.1 Å². The molecule has 0 aliphatic heterocycles. The van der Waals surface area contributed by atoms with Crippen molar-refractivity contribution in [2.24, 2.45) is 0 Å². The molecule has 80 valence electrons. The highest BCUT2D eigenvalue weighted by Crippen LogP contribution is 2.20. The van der Waals surface area contributed by atoms with Crippen molar-refractivity contribution >= 4 is 29.1 Å². The van der Waals surface area contributed by atoms with Gasteiger partial charge in [0.25, 0.3) is 0 Å². The predicted molar refractivity (Wildman–Crippen MR) is 66.6 cm³/mol. The summed E-state index contributed by atoms with van der Waals surface area (Å²) < 4.78 is 0. The summed E-state index contributed by atoms with van der Waals surface area (Å²) >= 11 is 7.49. The Morgan fingerprint density at radius 1 is 1.33 bits per heavy atom. The maximum Gasteiger partial charge on any atom is 0.133 e. The number of hydrogen-bond donors (Lipinski definition) is 0. The van der Waals surface area contributed by atoms with E-state index < -0.39 is 0 Å². The van der Waals surface area contributed by atoms with Gasteiger partial charge in [-0.25, -0.2) is 0 Å². The van der Waals surface area contributed by atoms with E-state index in [0.29, 0.717) is 6.42 Å². The number of carbonyl (C=O) groups excluding carboxylic acids is 1. The smallest absolute Gasteiger partial charge is 0.133 e. The lowest BCUT2D eigenvalue weighted by Gasteiger charge is -1.97. The SMILES string of the molecule is CC(=O)C/C=C/CSc1ccc(Cl)cc1. The molecule has 0 aromatic heterocycles. The number of halogens is 1. The van der Waals surface area contributed by atoms with E-state index in [4.69, 9.17) is 11.6 Å². The second kappa shape index (κ2) is 6.70. The van der Waals surface area contributed by atoms with Crippen LogP contribution < -0.4 is 0 Å². The Balaban J connectivity index is 2.28. The van der Waals surface area contributed by atoms with Gasteiger partial charge in [-0.15, -0.1) is 11.8 Å². The minimum atomic E-state index is 0.197. The molecule has 0 heterocycles. The van der Waals surface area contributed by atoms with E-state index >= 15 is 0 Å². The normalized spacial score (nSPS) is 10.8. The zero-order valence-electron chi connectivity index (χ0n) is 8.57. The standard InChI is InChI=1S/C12H13ClOS/c1-10(14)4-2-3-9-15-12-7-5-11(13)6-8-12/h2-3,5-8H,4,9H2,1H3/b3-2+. The third-order valence-corrected chi connectivity index (χ3v) is 2.95. The fourth-order valence-electron chi connectivity index (χ4n) is 0.992. The average molecular weight is 241 g/mol. The van der Waals surface area contributed by atoms with Crippen LogP contribution in [-0.4, -0.2) is 11.5 Å². The Morgan fingerprint density at radius 2 is 2.00 bits per heavy atom. The molecular weight excluding hydrogens is 228 g/mol. The Labute approximate surface area is 99.5 Å². The lowest BCUT2D eigenvalue weighted by molar-refractivity contribution is -0.116. The Bertz CT molecular complexity index is 343. The Hall–Kier alpha value is -0.730. The first-order chi connectivity index (χ1) is 7.18. The van der Waals surface area contributed by atoms with Crippen LogP contribution in [0.15, 0.2) is 41.3 Å². The zero-order valence-corrected chi connectivity index (χ0v) is 10.1. The molecule has 0 N–H and O–H groups in total. The molecule has 0 fully saturated rings. The molecule has 3 heteroatoms. The van der Waals surface area contributed by atoms with Crippen LogP contribution in [0, 0.1) is 0 Å². The quantitative estimate of drug-likeness (QED) is 0.572. The van der Waals surface area contributed by atoms with Gasteiger partial charge in [0.1, 0.15) is 5.78 Å². The summed E-state index contributed by atoms with van der Waals surface area (Å²) in [5.41, 5.74) is 0. The van der Waals surface area contributed by atoms with Crippen molar-refractivity contribution in [3.63, 3.8) is 0 Å². The molecule has 0 bridgehead atoms. The Morgan fingerprint density at radius 3 is 2.60 bits per heavy atom. The van der Waals surface area contributed by atoms with Crippen molar-refractivity contribution in [2.45, 2.75) is 18.2 Å². The van der Waals surface area contributed by atoms with E-state index in [0.717, 1.165) is 10.8 Å². The van der Waals surface area contributed by atoms with E-state index in [1.165, 1.54) is 4.90 Å². The van der Waals surface area contributed by atoms with Crippen LogP contribution >= 0.6 is 23.4 Å². The van der Waals surface area contributed by atoms with Gasteiger partial charge in [0.05, 0.1) is 0 Å². The van der Waals surface area contributed by atoms with Crippen molar-refractivity contribution in [1.82, 2.24) is 0 Å². The van der Waals surface area contributed by atoms with Gasteiger partial charge in [-0.05, 0) is 31.2 Å². The van der Waals surface area contributed by atoms with Gasteiger partial charge >= 0.3 is 0 Å². The summed E-state index contributed by atoms with van der Waals surface area (Å²) in [7, 11) is 0. The van der Waals surface area contributed by atoms with Crippen LogP contribution in [0.1, 0.15) is 13.3 Å². The maximum atomic E-state index is 10.6. The largest absolute Gasteiger partial charge is 0.300 e. The molecule has 0 saturated heterocycles. The highest BCUT2D eigenvalue weighted by Gasteiger charge is 1.92. The molecule has 0 radical (unpaired) electrons. The number of thioether (sulfide) groups is 1. The minimum absolute atomic E-state index is 0.197. The van der Waals surface area contributed by atoms with E-state index in [1.807, 2.05) is 36.4 Å².